The summed E-state index contributed by atoms with van der Waals surface area (Å²) in [6, 6.07) is 0. The molecule has 1 aromatic rings. The topological polar surface area (TPSA) is 82.5 Å². The number of carboxylic acids is 1. The highest BCUT2D eigenvalue weighted by molar-refractivity contribution is 7.11. The van der Waals surface area contributed by atoms with Crippen molar-refractivity contribution in [3.05, 3.63) is 16.1 Å². The van der Waals surface area contributed by atoms with E-state index in [9.17, 15) is 9.90 Å². The Labute approximate surface area is 116 Å². The van der Waals surface area contributed by atoms with E-state index in [1.54, 1.807) is 11.3 Å². The molecule has 1 aliphatic carbocycles. The van der Waals surface area contributed by atoms with E-state index in [1.807, 2.05) is 13.1 Å². The number of carboxylic acid groups (broad SMARTS) is 1. The number of hydrogen-bond donors (Lipinski definition) is 3. The highest BCUT2D eigenvalue weighted by atomic mass is 32.1. The molecule has 6 heteroatoms. The van der Waals surface area contributed by atoms with Crippen LogP contribution in [0.15, 0.2) is 6.20 Å². The zero-order chi connectivity index (χ0) is 13.9. The van der Waals surface area contributed by atoms with E-state index in [-0.39, 0.29) is 5.92 Å². The Morgan fingerprint density at radius 1 is 1.58 bits per heavy atom. The summed E-state index contributed by atoms with van der Waals surface area (Å²) in [4.78, 5) is 16.2. The first kappa shape index (κ1) is 14.4. The van der Waals surface area contributed by atoms with Crippen LogP contribution in [-0.2, 0) is 11.3 Å². The molecule has 0 aromatic carbocycles. The van der Waals surface area contributed by atoms with Crippen LogP contribution in [0.4, 0.5) is 0 Å². The van der Waals surface area contributed by atoms with Crippen LogP contribution in [0, 0.1) is 12.8 Å². The van der Waals surface area contributed by atoms with Crippen LogP contribution in [0.2, 0.25) is 0 Å². The maximum Gasteiger partial charge on any atom is 0.306 e. The summed E-state index contributed by atoms with van der Waals surface area (Å²) in [7, 11) is 0. The second-order valence-corrected chi connectivity index (χ2v) is 6.61. The summed E-state index contributed by atoms with van der Waals surface area (Å²) in [5.74, 6) is -1.03. The molecule has 1 heterocycles. The van der Waals surface area contributed by atoms with E-state index < -0.39 is 11.6 Å². The maximum atomic E-state index is 10.9. The fourth-order valence-electron chi connectivity index (χ4n) is 2.48. The predicted octanol–water partition coefficient (Wildman–Crippen LogP) is 1.55. The smallest absolute Gasteiger partial charge is 0.306 e. The number of nitrogens with zero attached hydrogens (tertiary/aromatic N) is 1. The summed E-state index contributed by atoms with van der Waals surface area (Å²) < 4.78 is 0. The number of aliphatic hydroxyl groups is 1. The number of aliphatic carboxylic acids is 1. The van der Waals surface area contributed by atoms with Crippen molar-refractivity contribution in [1.82, 2.24) is 10.3 Å². The van der Waals surface area contributed by atoms with Gasteiger partial charge in [-0.25, -0.2) is 4.98 Å². The van der Waals surface area contributed by atoms with E-state index in [2.05, 4.69) is 10.3 Å². The van der Waals surface area contributed by atoms with Crippen LogP contribution >= 0.6 is 11.3 Å². The van der Waals surface area contributed by atoms with Gasteiger partial charge in [-0.05, 0) is 32.6 Å². The number of rotatable bonds is 5. The predicted molar refractivity (Wildman–Crippen MR) is 73.1 cm³/mol. The van der Waals surface area contributed by atoms with Gasteiger partial charge >= 0.3 is 5.97 Å². The van der Waals surface area contributed by atoms with Gasteiger partial charge in [0.2, 0.25) is 0 Å². The second-order valence-electron chi connectivity index (χ2n) is 5.29. The summed E-state index contributed by atoms with van der Waals surface area (Å²) in [5.41, 5.74) is -0.758. The molecule has 106 valence electrons. The average Bonchev–Trinajstić information content (AvgIpc) is 2.75. The third kappa shape index (κ3) is 3.99. The molecule has 0 saturated heterocycles. The first-order valence-corrected chi connectivity index (χ1v) is 7.37. The lowest BCUT2D eigenvalue weighted by molar-refractivity contribution is -0.144. The Balaban J connectivity index is 1.75. The molecule has 2 rings (SSSR count). The number of thiazole rings is 1. The first-order valence-electron chi connectivity index (χ1n) is 6.56. The van der Waals surface area contributed by atoms with Gasteiger partial charge in [0.05, 0.1) is 16.5 Å². The molecule has 0 bridgehead atoms. The summed E-state index contributed by atoms with van der Waals surface area (Å²) in [6.07, 6.45) is 4.08. The fraction of sp³-hybridized carbons (Fsp3) is 0.692. The van der Waals surface area contributed by atoms with Crippen molar-refractivity contribution in [2.75, 3.05) is 6.54 Å². The Bertz CT molecular complexity index is 439. The van der Waals surface area contributed by atoms with Gasteiger partial charge in [0.1, 0.15) is 0 Å². The Kier molecular flexibility index (Phi) is 4.54. The van der Waals surface area contributed by atoms with Gasteiger partial charge in [0, 0.05) is 24.2 Å². The summed E-state index contributed by atoms with van der Waals surface area (Å²) in [5, 5.41) is 23.6. The third-order valence-electron chi connectivity index (χ3n) is 3.69. The number of nitrogens with one attached hydrogen (secondary N) is 1. The minimum atomic E-state index is -0.758. The molecule has 1 aromatic heterocycles. The molecule has 0 unspecified atom stereocenters. The molecule has 0 spiro atoms. The second kappa shape index (κ2) is 5.98. The molecule has 1 saturated carbocycles. The molecule has 19 heavy (non-hydrogen) atoms. The van der Waals surface area contributed by atoms with E-state index in [4.69, 9.17) is 5.11 Å². The highest BCUT2D eigenvalue weighted by Crippen LogP contribution is 2.31. The molecule has 5 nitrogen and oxygen atoms in total. The van der Waals surface area contributed by atoms with Crippen LogP contribution in [-0.4, -0.2) is 33.3 Å². The number of aryl methyl sites for hydroxylation is 1. The van der Waals surface area contributed by atoms with Gasteiger partial charge in [0.15, 0.2) is 0 Å². The fourth-order valence-corrected chi connectivity index (χ4v) is 3.25. The normalized spacial score (nSPS) is 27.4. The van der Waals surface area contributed by atoms with Crippen LogP contribution in [0.5, 0.6) is 0 Å². The van der Waals surface area contributed by atoms with E-state index in [0.717, 1.165) is 9.88 Å². The van der Waals surface area contributed by atoms with Gasteiger partial charge in [-0.3, -0.25) is 4.79 Å². The minimum Gasteiger partial charge on any atom is -0.481 e. The molecule has 1 aliphatic rings. The lowest BCUT2D eigenvalue weighted by Gasteiger charge is -2.34. The zero-order valence-corrected chi connectivity index (χ0v) is 11.9. The molecule has 1 fully saturated rings. The minimum absolute atomic E-state index is 0.288. The summed E-state index contributed by atoms with van der Waals surface area (Å²) in [6.45, 7) is 3.18. The Morgan fingerprint density at radius 2 is 2.26 bits per heavy atom. The summed E-state index contributed by atoms with van der Waals surface area (Å²) >= 11 is 1.64. The van der Waals surface area contributed by atoms with Crippen LogP contribution in [0.1, 0.15) is 35.6 Å². The largest absolute Gasteiger partial charge is 0.481 e. The van der Waals surface area contributed by atoms with Crippen molar-refractivity contribution in [3.63, 3.8) is 0 Å². The number of hydrogen-bond acceptors (Lipinski definition) is 5. The highest BCUT2D eigenvalue weighted by Gasteiger charge is 2.35. The van der Waals surface area contributed by atoms with Crippen LogP contribution < -0.4 is 5.32 Å². The third-order valence-corrected chi connectivity index (χ3v) is 4.60. The van der Waals surface area contributed by atoms with Crippen molar-refractivity contribution in [3.8, 4) is 0 Å². The molecule has 3 N–H and O–H groups in total. The molecular weight excluding hydrogens is 264 g/mol. The zero-order valence-electron chi connectivity index (χ0n) is 11.1. The molecular formula is C13H20N2O3S. The van der Waals surface area contributed by atoms with Gasteiger partial charge in [0.25, 0.3) is 0 Å². The Morgan fingerprint density at radius 3 is 2.79 bits per heavy atom. The molecule has 0 amide bonds. The van der Waals surface area contributed by atoms with Crippen molar-refractivity contribution in [1.29, 1.82) is 0 Å². The van der Waals surface area contributed by atoms with E-state index >= 15 is 0 Å². The molecule has 0 radical (unpaired) electrons. The van der Waals surface area contributed by atoms with Gasteiger partial charge in [-0.1, -0.05) is 0 Å². The van der Waals surface area contributed by atoms with Crippen LogP contribution in [0.25, 0.3) is 0 Å². The lowest BCUT2D eigenvalue weighted by atomic mass is 9.79. The van der Waals surface area contributed by atoms with Gasteiger partial charge < -0.3 is 15.5 Å². The number of carbonyl (C=O) groups is 1. The quantitative estimate of drug-likeness (QED) is 0.764. The van der Waals surface area contributed by atoms with Gasteiger partial charge in [-0.15, -0.1) is 11.3 Å². The monoisotopic (exact) mass is 284 g/mol. The van der Waals surface area contributed by atoms with Crippen molar-refractivity contribution < 1.29 is 15.0 Å². The lowest BCUT2D eigenvalue weighted by Crippen LogP contribution is -2.44. The van der Waals surface area contributed by atoms with Crippen molar-refractivity contribution >= 4 is 17.3 Å². The van der Waals surface area contributed by atoms with Crippen LogP contribution in [0.3, 0.4) is 0 Å². The molecule has 0 atom stereocenters. The molecule has 0 aliphatic heterocycles. The Hall–Kier alpha value is -0.980. The SMILES string of the molecule is Cc1ncc(CNCC2(O)CCC(C(=O)O)CC2)s1. The van der Waals surface area contributed by atoms with Gasteiger partial charge in [-0.2, -0.15) is 0 Å². The van der Waals surface area contributed by atoms with Crippen molar-refractivity contribution in [2.24, 2.45) is 5.92 Å². The van der Waals surface area contributed by atoms with E-state index in [1.165, 1.54) is 0 Å². The number of aromatic nitrogens is 1. The maximum absolute atomic E-state index is 10.9. The average molecular weight is 284 g/mol. The van der Waals surface area contributed by atoms with E-state index in [0.29, 0.717) is 38.8 Å². The van der Waals surface area contributed by atoms with Crippen molar-refractivity contribution in [2.45, 2.75) is 44.8 Å². The first-order chi connectivity index (χ1) is 8.98. The standard InChI is InChI=1S/C13H20N2O3S/c1-9-15-7-11(19-9)6-14-8-13(18)4-2-10(3-5-13)12(16)17/h7,10,14,18H,2-6,8H2,1H3,(H,16,17).